The van der Waals surface area contributed by atoms with Crippen molar-refractivity contribution in [2.24, 2.45) is 46.3 Å². The van der Waals surface area contributed by atoms with Gasteiger partial charge in [-0.2, -0.15) is 0 Å². The summed E-state index contributed by atoms with van der Waals surface area (Å²) in [6.45, 7) is 7.24. The van der Waals surface area contributed by atoms with Crippen molar-refractivity contribution in [2.45, 2.75) is 104 Å². The van der Waals surface area contributed by atoms with Gasteiger partial charge in [-0.1, -0.05) is 27.2 Å². The van der Waals surface area contributed by atoms with Gasteiger partial charge < -0.3 is 14.9 Å². The molecule has 4 nitrogen and oxygen atoms in total. The van der Waals surface area contributed by atoms with E-state index in [0.29, 0.717) is 47.3 Å². The Morgan fingerprint density at radius 1 is 1.00 bits per heavy atom. The van der Waals surface area contributed by atoms with Crippen molar-refractivity contribution in [1.82, 2.24) is 0 Å². The summed E-state index contributed by atoms with van der Waals surface area (Å²) in [5.74, 6) is 2.98. The van der Waals surface area contributed by atoms with Gasteiger partial charge in [-0.05, 0) is 104 Å². The third kappa shape index (κ3) is 3.45. The molecule has 0 aromatic heterocycles. The summed E-state index contributed by atoms with van der Waals surface area (Å²) in [5.41, 5.74) is 0.571. The van der Waals surface area contributed by atoms with E-state index in [-0.39, 0.29) is 23.6 Å². The van der Waals surface area contributed by atoms with Gasteiger partial charge in [0.1, 0.15) is 0 Å². The second kappa shape index (κ2) is 8.39. The Morgan fingerprint density at radius 2 is 1.70 bits per heavy atom. The molecule has 4 aliphatic carbocycles. The predicted molar refractivity (Wildman–Crippen MR) is 118 cm³/mol. The first-order valence-corrected chi connectivity index (χ1v) is 12.7. The van der Waals surface area contributed by atoms with Gasteiger partial charge in [0.2, 0.25) is 0 Å². The molecular weight excluding hydrogens is 376 g/mol. The van der Waals surface area contributed by atoms with Crippen molar-refractivity contribution in [1.29, 1.82) is 0 Å². The third-order valence-corrected chi connectivity index (χ3v) is 10.7. The molecule has 4 saturated carbocycles. The highest BCUT2D eigenvalue weighted by molar-refractivity contribution is 5.68. The number of esters is 1. The van der Waals surface area contributed by atoms with E-state index in [1.54, 1.807) is 0 Å². The average molecular weight is 421 g/mol. The largest absolute Gasteiger partial charge is 0.469 e. The van der Waals surface area contributed by atoms with Crippen LogP contribution in [0.25, 0.3) is 0 Å². The van der Waals surface area contributed by atoms with Crippen molar-refractivity contribution >= 4 is 5.97 Å². The van der Waals surface area contributed by atoms with Gasteiger partial charge in [-0.15, -0.1) is 0 Å². The minimum atomic E-state index is -0.221. The van der Waals surface area contributed by atoms with Crippen molar-refractivity contribution in [3.05, 3.63) is 0 Å². The van der Waals surface area contributed by atoms with E-state index >= 15 is 0 Å². The number of aliphatic hydroxyl groups is 2. The summed E-state index contributed by atoms with van der Waals surface area (Å²) >= 11 is 0. The van der Waals surface area contributed by atoms with E-state index in [4.69, 9.17) is 4.74 Å². The molecule has 0 aliphatic heterocycles. The van der Waals surface area contributed by atoms with Crippen LogP contribution in [0.5, 0.6) is 0 Å². The lowest BCUT2D eigenvalue weighted by Crippen LogP contribution is -2.62. The van der Waals surface area contributed by atoms with Crippen molar-refractivity contribution in [2.75, 3.05) is 7.11 Å². The van der Waals surface area contributed by atoms with Crippen LogP contribution >= 0.6 is 0 Å². The van der Waals surface area contributed by atoms with Crippen LogP contribution in [-0.4, -0.2) is 35.5 Å². The molecule has 4 aliphatic rings. The number of rotatable bonds is 5. The van der Waals surface area contributed by atoms with E-state index in [1.165, 1.54) is 32.8 Å². The molecule has 0 bridgehead atoms. The monoisotopic (exact) mass is 420 g/mol. The normalized spacial score (nSPS) is 50.3. The molecule has 4 heteroatoms. The smallest absolute Gasteiger partial charge is 0.305 e. The van der Waals surface area contributed by atoms with Gasteiger partial charge in [0.25, 0.3) is 0 Å². The number of fused-ring (bicyclic) bond motifs is 5. The van der Waals surface area contributed by atoms with Crippen molar-refractivity contribution in [3.63, 3.8) is 0 Å². The van der Waals surface area contributed by atoms with Crippen LogP contribution in [0.4, 0.5) is 0 Å². The summed E-state index contributed by atoms with van der Waals surface area (Å²) in [6, 6.07) is 0. The maximum atomic E-state index is 11.7. The first-order chi connectivity index (χ1) is 14.3. The van der Waals surface area contributed by atoms with Crippen LogP contribution in [0, 0.1) is 46.3 Å². The standard InChI is InChI=1S/C26H44O4/c1-5-18-21-15-17(27)11-13-26(21,3)20-12-14-25(2)16(7-6-8-22(28)30-4)9-10-19(25)23(20)24(18)29/h16-21,23-24,27,29H,5-15H2,1-4H3/t16?,17-,18-,19?,20?,21+,23?,24-,25-,26-/m1/s1. The Morgan fingerprint density at radius 3 is 2.40 bits per heavy atom. The predicted octanol–water partition coefficient (Wildman–Crippen LogP) is 4.96. The number of hydrogen-bond donors (Lipinski definition) is 2. The lowest BCUT2D eigenvalue weighted by atomic mass is 9.41. The van der Waals surface area contributed by atoms with Gasteiger partial charge in [0.05, 0.1) is 19.3 Å². The second-order valence-corrected chi connectivity index (χ2v) is 11.7. The van der Waals surface area contributed by atoms with Crippen LogP contribution in [0.3, 0.4) is 0 Å². The zero-order chi connectivity index (χ0) is 21.7. The summed E-state index contributed by atoms with van der Waals surface area (Å²) < 4.78 is 4.83. The highest BCUT2D eigenvalue weighted by Crippen LogP contribution is 2.69. The minimum Gasteiger partial charge on any atom is -0.469 e. The van der Waals surface area contributed by atoms with E-state index in [9.17, 15) is 15.0 Å². The van der Waals surface area contributed by atoms with Gasteiger partial charge in [0, 0.05) is 6.42 Å². The molecule has 0 amide bonds. The Labute approximate surface area is 183 Å². The maximum Gasteiger partial charge on any atom is 0.305 e. The number of carbonyl (C=O) groups is 1. The van der Waals surface area contributed by atoms with Gasteiger partial charge in [0.15, 0.2) is 0 Å². The third-order valence-electron chi connectivity index (χ3n) is 10.7. The molecular formula is C26H44O4. The molecule has 172 valence electrons. The molecule has 0 spiro atoms. The summed E-state index contributed by atoms with van der Waals surface area (Å²) in [4.78, 5) is 11.6. The lowest BCUT2D eigenvalue weighted by Gasteiger charge is -2.64. The van der Waals surface area contributed by atoms with Crippen LogP contribution in [0.2, 0.25) is 0 Å². The minimum absolute atomic E-state index is 0.0923. The van der Waals surface area contributed by atoms with Crippen LogP contribution < -0.4 is 0 Å². The fourth-order valence-electron chi connectivity index (χ4n) is 9.14. The molecule has 30 heavy (non-hydrogen) atoms. The van der Waals surface area contributed by atoms with Gasteiger partial charge in [-0.3, -0.25) is 4.79 Å². The van der Waals surface area contributed by atoms with Crippen molar-refractivity contribution in [3.8, 4) is 0 Å². The first kappa shape index (κ1) is 22.6. The highest BCUT2D eigenvalue weighted by atomic mass is 16.5. The molecule has 0 radical (unpaired) electrons. The fourth-order valence-corrected chi connectivity index (χ4v) is 9.14. The number of methoxy groups -OCH3 is 1. The maximum absolute atomic E-state index is 11.7. The summed E-state index contributed by atoms with van der Waals surface area (Å²) in [6.07, 6.45) is 11.1. The van der Waals surface area contributed by atoms with Crippen molar-refractivity contribution < 1.29 is 19.7 Å². The van der Waals surface area contributed by atoms with Crippen LogP contribution in [0.1, 0.15) is 91.4 Å². The number of ether oxygens (including phenoxy) is 1. The fraction of sp³-hybridized carbons (Fsp3) is 0.962. The molecule has 4 fully saturated rings. The molecule has 0 heterocycles. The zero-order valence-corrected chi connectivity index (χ0v) is 19.6. The quantitative estimate of drug-likeness (QED) is 0.617. The SMILES string of the molecule is CC[C@H]1[C@@H](O)C2C3CCC(CCCC(=O)OC)[C@@]3(C)CCC2[C@@]2(C)CC[C@@H](O)C[C@@H]12. The molecule has 0 aromatic carbocycles. The number of hydrogen-bond acceptors (Lipinski definition) is 4. The Balaban J connectivity index is 1.55. The Bertz CT molecular complexity index is 635. The first-order valence-electron chi connectivity index (χ1n) is 12.7. The second-order valence-electron chi connectivity index (χ2n) is 11.7. The number of aliphatic hydroxyl groups excluding tert-OH is 2. The van der Waals surface area contributed by atoms with E-state index < -0.39 is 0 Å². The van der Waals surface area contributed by atoms with E-state index in [1.807, 2.05) is 0 Å². The molecule has 0 aromatic rings. The van der Waals surface area contributed by atoms with Crippen LogP contribution in [-0.2, 0) is 9.53 Å². The van der Waals surface area contributed by atoms with Crippen LogP contribution in [0.15, 0.2) is 0 Å². The molecule has 4 rings (SSSR count). The highest BCUT2D eigenvalue weighted by Gasteiger charge is 2.64. The van der Waals surface area contributed by atoms with Gasteiger partial charge >= 0.3 is 5.97 Å². The number of carbonyl (C=O) groups excluding carboxylic acids is 1. The Kier molecular flexibility index (Phi) is 6.31. The molecule has 2 N–H and O–H groups in total. The average Bonchev–Trinajstić information content (AvgIpc) is 3.06. The Hall–Kier alpha value is -0.610. The topological polar surface area (TPSA) is 66.8 Å². The molecule has 0 saturated heterocycles. The van der Waals surface area contributed by atoms with Gasteiger partial charge in [-0.25, -0.2) is 0 Å². The lowest BCUT2D eigenvalue weighted by molar-refractivity contribution is -0.202. The van der Waals surface area contributed by atoms with E-state index in [2.05, 4.69) is 20.8 Å². The zero-order valence-electron chi connectivity index (χ0n) is 19.6. The molecule has 4 unspecified atom stereocenters. The summed E-state index contributed by atoms with van der Waals surface area (Å²) in [5, 5.41) is 22.1. The molecule has 10 atom stereocenters. The summed E-state index contributed by atoms with van der Waals surface area (Å²) in [7, 11) is 1.48. The van der Waals surface area contributed by atoms with E-state index in [0.717, 1.165) is 38.5 Å².